The quantitative estimate of drug-likeness (QED) is 0.821. The van der Waals surface area contributed by atoms with Crippen LogP contribution in [0.15, 0.2) is 12.3 Å². The van der Waals surface area contributed by atoms with E-state index >= 15 is 0 Å². The van der Waals surface area contributed by atoms with Crippen molar-refractivity contribution in [2.24, 2.45) is 5.92 Å². The van der Waals surface area contributed by atoms with E-state index in [1.807, 2.05) is 0 Å². The number of rotatable bonds is 3. The van der Waals surface area contributed by atoms with Crippen LogP contribution in [0.25, 0.3) is 0 Å². The number of nitrogens with zero attached hydrogens (tertiary/aromatic N) is 1. The average Bonchev–Trinajstić information content (AvgIpc) is 2.29. The maximum absolute atomic E-state index is 13.3. The normalized spacial score (nSPS) is 20.8. The van der Waals surface area contributed by atoms with E-state index in [4.69, 9.17) is 21.1 Å². The van der Waals surface area contributed by atoms with Crippen LogP contribution in [0.1, 0.15) is 12.8 Å². The summed E-state index contributed by atoms with van der Waals surface area (Å²) in [5, 5.41) is 0.269. The van der Waals surface area contributed by atoms with Gasteiger partial charge in [-0.3, -0.25) is 0 Å². The zero-order chi connectivity index (χ0) is 11.4. The van der Waals surface area contributed by atoms with Gasteiger partial charge in [-0.05, 0) is 18.9 Å². The average molecular weight is 246 g/mol. The molecule has 0 aromatic carbocycles. The highest BCUT2D eigenvalue weighted by atomic mass is 35.5. The van der Waals surface area contributed by atoms with Crippen molar-refractivity contribution in [1.82, 2.24) is 4.98 Å². The second-order valence-corrected chi connectivity index (χ2v) is 4.27. The summed E-state index contributed by atoms with van der Waals surface area (Å²) in [7, 11) is 0. The summed E-state index contributed by atoms with van der Waals surface area (Å²) in [4.78, 5) is 3.79. The standard InChI is InChI=1S/C11H13ClFNO2/c12-9-4-10(13)11(14-5-9)16-7-8-2-1-3-15-6-8/h4-5,8H,1-3,6-7H2. The summed E-state index contributed by atoms with van der Waals surface area (Å²) < 4.78 is 23.9. The molecule has 1 aliphatic rings. The Morgan fingerprint density at radius 2 is 2.50 bits per heavy atom. The van der Waals surface area contributed by atoms with Crippen molar-refractivity contribution in [3.05, 3.63) is 23.1 Å². The second kappa shape index (κ2) is 5.46. The molecule has 0 radical (unpaired) electrons. The van der Waals surface area contributed by atoms with Crippen molar-refractivity contribution < 1.29 is 13.9 Å². The lowest BCUT2D eigenvalue weighted by molar-refractivity contribution is 0.0337. The Kier molecular flexibility index (Phi) is 3.96. The van der Waals surface area contributed by atoms with Crippen LogP contribution < -0.4 is 4.74 Å². The molecule has 3 nitrogen and oxygen atoms in total. The van der Waals surface area contributed by atoms with E-state index in [0.717, 1.165) is 19.4 Å². The molecule has 16 heavy (non-hydrogen) atoms. The third-order valence-electron chi connectivity index (χ3n) is 2.48. The lowest BCUT2D eigenvalue weighted by atomic mass is 10.0. The summed E-state index contributed by atoms with van der Waals surface area (Å²) in [5.74, 6) is -0.190. The molecule has 1 aromatic heterocycles. The molecule has 5 heteroatoms. The molecule has 1 fully saturated rings. The smallest absolute Gasteiger partial charge is 0.250 e. The van der Waals surface area contributed by atoms with E-state index in [1.165, 1.54) is 12.3 Å². The summed E-state index contributed by atoms with van der Waals surface area (Å²) in [6.07, 6.45) is 3.46. The summed E-state index contributed by atoms with van der Waals surface area (Å²) in [6.45, 7) is 1.92. The maximum atomic E-state index is 13.3. The second-order valence-electron chi connectivity index (χ2n) is 3.83. The van der Waals surface area contributed by atoms with Gasteiger partial charge in [0, 0.05) is 18.7 Å². The molecule has 1 unspecified atom stereocenters. The van der Waals surface area contributed by atoms with Gasteiger partial charge in [-0.25, -0.2) is 9.37 Å². The van der Waals surface area contributed by atoms with Gasteiger partial charge in [-0.1, -0.05) is 11.6 Å². The van der Waals surface area contributed by atoms with Crippen molar-refractivity contribution in [2.45, 2.75) is 12.8 Å². The van der Waals surface area contributed by atoms with Gasteiger partial charge in [0.1, 0.15) is 0 Å². The molecule has 2 rings (SSSR count). The summed E-state index contributed by atoms with van der Waals surface area (Å²) in [5.41, 5.74) is 0. The molecule has 2 heterocycles. The summed E-state index contributed by atoms with van der Waals surface area (Å²) in [6, 6.07) is 1.20. The van der Waals surface area contributed by atoms with Gasteiger partial charge in [0.2, 0.25) is 5.88 Å². The first-order valence-electron chi connectivity index (χ1n) is 5.27. The Morgan fingerprint density at radius 1 is 1.62 bits per heavy atom. The predicted molar refractivity (Wildman–Crippen MR) is 58.2 cm³/mol. The molecule has 0 saturated carbocycles. The Labute approximate surface area is 98.5 Å². The first-order valence-corrected chi connectivity index (χ1v) is 5.65. The molecule has 0 aliphatic carbocycles. The van der Waals surface area contributed by atoms with Crippen LogP contribution in [-0.2, 0) is 4.74 Å². The molecule has 0 amide bonds. The lowest BCUT2D eigenvalue weighted by Crippen LogP contribution is -2.23. The minimum absolute atomic E-state index is 0.00923. The van der Waals surface area contributed by atoms with Crippen LogP contribution in [0.2, 0.25) is 5.02 Å². The summed E-state index contributed by atoms with van der Waals surface area (Å²) >= 11 is 5.59. The molecular formula is C11H13ClFNO2. The van der Waals surface area contributed by atoms with Crippen molar-refractivity contribution in [1.29, 1.82) is 0 Å². The Hall–Kier alpha value is -0.870. The topological polar surface area (TPSA) is 31.4 Å². The predicted octanol–water partition coefficient (Wildman–Crippen LogP) is 2.68. The van der Waals surface area contributed by atoms with Gasteiger partial charge in [0.05, 0.1) is 18.2 Å². The highest BCUT2D eigenvalue weighted by Gasteiger charge is 2.16. The fourth-order valence-corrected chi connectivity index (χ4v) is 1.79. The van der Waals surface area contributed by atoms with Gasteiger partial charge < -0.3 is 9.47 Å². The van der Waals surface area contributed by atoms with E-state index in [9.17, 15) is 4.39 Å². The Balaban J connectivity index is 1.88. The molecule has 1 atom stereocenters. The SMILES string of the molecule is Fc1cc(Cl)cnc1OCC1CCCOC1. The van der Waals surface area contributed by atoms with Gasteiger partial charge in [0.25, 0.3) is 0 Å². The van der Waals surface area contributed by atoms with Gasteiger partial charge in [-0.2, -0.15) is 0 Å². The van der Waals surface area contributed by atoms with Gasteiger partial charge in [0.15, 0.2) is 5.82 Å². The zero-order valence-corrected chi connectivity index (χ0v) is 9.54. The van der Waals surface area contributed by atoms with E-state index in [-0.39, 0.29) is 10.9 Å². The van der Waals surface area contributed by atoms with E-state index in [0.29, 0.717) is 19.1 Å². The number of hydrogen-bond acceptors (Lipinski definition) is 3. The molecule has 1 aliphatic heterocycles. The highest BCUT2D eigenvalue weighted by Crippen LogP contribution is 2.20. The number of halogens is 2. The molecule has 88 valence electrons. The number of aromatic nitrogens is 1. The van der Waals surface area contributed by atoms with Crippen LogP contribution in [0.3, 0.4) is 0 Å². The first kappa shape index (κ1) is 11.6. The third-order valence-corrected chi connectivity index (χ3v) is 2.69. The van der Waals surface area contributed by atoms with Crippen molar-refractivity contribution >= 4 is 11.6 Å². The van der Waals surface area contributed by atoms with E-state index in [2.05, 4.69) is 4.98 Å². The Bertz CT molecular complexity index is 356. The molecule has 0 bridgehead atoms. The largest absolute Gasteiger partial charge is 0.475 e. The molecule has 1 aromatic rings. The molecule has 0 N–H and O–H groups in total. The maximum Gasteiger partial charge on any atom is 0.250 e. The Morgan fingerprint density at radius 3 is 3.19 bits per heavy atom. The number of pyridine rings is 1. The van der Waals surface area contributed by atoms with Crippen LogP contribution in [0, 0.1) is 11.7 Å². The van der Waals surface area contributed by atoms with Crippen molar-refractivity contribution in [3.8, 4) is 5.88 Å². The fraction of sp³-hybridized carbons (Fsp3) is 0.545. The van der Waals surface area contributed by atoms with Crippen molar-refractivity contribution in [2.75, 3.05) is 19.8 Å². The monoisotopic (exact) mass is 245 g/mol. The van der Waals surface area contributed by atoms with Gasteiger partial charge in [-0.15, -0.1) is 0 Å². The van der Waals surface area contributed by atoms with Crippen LogP contribution in [0.4, 0.5) is 4.39 Å². The molecular weight excluding hydrogens is 233 g/mol. The van der Waals surface area contributed by atoms with Crippen LogP contribution in [0.5, 0.6) is 5.88 Å². The van der Waals surface area contributed by atoms with Crippen LogP contribution in [-0.4, -0.2) is 24.8 Å². The van der Waals surface area contributed by atoms with Crippen molar-refractivity contribution in [3.63, 3.8) is 0 Å². The highest BCUT2D eigenvalue weighted by molar-refractivity contribution is 6.30. The fourth-order valence-electron chi connectivity index (χ4n) is 1.64. The molecule has 0 spiro atoms. The third kappa shape index (κ3) is 3.06. The zero-order valence-electron chi connectivity index (χ0n) is 8.79. The van der Waals surface area contributed by atoms with Gasteiger partial charge >= 0.3 is 0 Å². The van der Waals surface area contributed by atoms with E-state index in [1.54, 1.807) is 0 Å². The minimum Gasteiger partial charge on any atom is -0.475 e. The van der Waals surface area contributed by atoms with Crippen LogP contribution >= 0.6 is 11.6 Å². The number of hydrogen-bond donors (Lipinski definition) is 0. The van der Waals surface area contributed by atoms with E-state index < -0.39 is 5.82 Å². The first-order chi connectivity index (χ1) is 7.75. The minimum atomic E-state index is -0.524. The number of ether oxygens (including phenoxy) is 2. The lowest BCUT2D eigenvalue weighted by Gasteiger charge is -2.21. The molecule has 1 saturated heterocycles.